The SMILES string of the molecule is Cc1ncc(C2OCCc3ccsc32)n1S(=O)(=O)N(C)C.Cc1ncc(C2OCCc3sccc32)n1C. The molecular formula is C25H31N5O4S3. The number of thiophene rings is 2. The molecule has 6 heterocycles. The van der Waals surface area contributed by atoms with Crippen molar-refractivity contribution in [3.8, 4) is 0 Å². The highest BCUT2D eigenvalue weighted by Gasteiger charge is 2.32. The van der Waals surface area contributed by atoms with Gasteiger partial charge < -0.3 is 14.0 Å². The summed E-state index contributed by atoms with van der Waals surface area (Å²) >= 11 is 3.42. The lowest BCUT2D eigenvalue weighted by atomic mass is 10.0. The van der Waals surface area contributed by atoms with Crippen LogP contribution in [0.1, 0.15) is 56.1 Å². The van der Waals surface area contributed by atoms with E-state index in [1.54, 1.807) is 24.5 Å². The number of ether oxygens (including phenoxy) is 2. The van der Waals surface area contributed by atoms with Gasteiger partial charge in [0, 0.05) is 42.9 Å². The van der Waals surface area contributed by atoms with Gasteiger partial charge in [0.05, 0.1) is 37.0 Å². The Morgan fingerprint density at radius 3 is 2.35 bits per heavy atom. The average molecular weight is 562 g/mol. The first-order valence-corrected chi connectivity index (χ1v) is 15.2. The molecule has 0 radical (unpaired) electrons. The van der Waals surface area contributed by atoms with Gasteiger partial charge in [-0.1, -0.05) is 0 Å². The van der Waals surface area contributed by atoms with Crippen LogP contribution >= 0.6 is 22.7 Å². The van der Waals surface area contributed by atoms with Crippen molar-refractivity contribution in [2.24, 2.45) is 7.05 Å². The van der Waals surface area contributed by atoms with Gasteiger partial charge in [-0.05, 0) is 48.7 Å². The lowest BCUT2D eigenvalue weighted by Crippen LogP contribution is -2.32. The number of imidazole rings is 2. The minimum Gasteiger partial charge on any atom is -0.367 e. The summed E-state index contributed by atoms with van der Waals surface area (Å²) in [7, 11) is 1.45. The van der Waals surface area contributed by atoms with Crippen LogP contribution in [0.3, 0.4) is 0 Å². The molecule has 2 unspecified atom stereocenters. The van der Waals surface area contributed by atoms with Crippen LogP contribution in [0.25, 0.3) is 0 Å². The van der Waals surface area contributed by atoms with E-state index in [1.807, 2.05) is 36.9 Å². The Hall–Kier alpha value is -2.35. The topological polar surface area (TPSA) is 91.5 Å². The number of fused-ring (bicyclic) bond motifs is 2. The Bertz CT molecular complexity index is 1500. The van der Waals surface area contributed by atoms with Crippen molar-refractivity contribution in [3.05, 3.63) is 79.2 Å². The normalized spacial score (nSPS) is 19.3. The molecule has 2 atom stereocenters. The Kier molecular flexibility index (Phi) is 7.40. The average Bonchev–Trinajstić information content (AvgIpc) is 3.66. The van der Waals surface area contributed by atoms with Gasteiger partial charge >= 0.3 is 10.2 Å². The van der Waals surface area contributed by atoms with Gasteiger partial charge in [0.1, 0.15) is 23.9 Å². The summed E-state index contributed by atoms with van der Waals surface area (Å²) in [5, 5.41) is 4.16. The molecule has 2 aliphatic rings. The standard InChI is InChI=1S/C13H17N3O3S2.C12H14N2OS/c1-9-14-8-11(16(9)21(17,18)15(2)3)12-13-10(4-6-19-12)5-7-20-13;1-8-13-7-10(14(8)2)12-9-4-6-16-11(9)3-5-15-12/h5,7-8,12H,4,6H2,1-3H3;4,6-7,12H,3,5H2,1-2H3. The van der Waals surface area contributed by atoms with Crippen LogP contribution in [-0.4, -0.2) is 58.5 Å². The van der Waals surface area contributed by atoms with Crippen molar-refractivity contribution >= 4 is 32.9 Å². The molecule has 6 rings (SSSR count). The maximum atomic E-state index is 12.5. The summed E-state index contributed by atoms with van der Waals surface area (Å²) in [5.74, 6) is 1.46. The van der Waals surface area contributed by atoms with Gasteiger partial charge in [-0.3, -0.25) is 0 Å². The van der Waals surface area contributed by atoms with E-state index in [2.05, 4.69) is 32.0 Å². The summed E-state index contributed by atoms with van der Waals surface area (Å²) in [4.78, 5) is 11.0. The first-order valence-electron chi connectivity index (χ1n) is 12.0. The van der Waals surface area contributed by atoms with Gasteiger partial charge in [0.2, 0.25) is 0 Å². The van der Waals surface area contributed by atoms with Crippen molar-refractivity contribution in [1.82, 2.24) is 22.8 Å². The molecule has 37 heavy (non-hydrogen) atoms. The summed E-state index contributed by atoms with van der Waals surface area (Å²) in [6.07, 6.45) is 5.12. The number of rotatable bonds is 4. The van der Waals surface area contributed by atoms with Crippen LogP contribution < -0.4 is 0 Å². The zero-order valence-corrected chi connectivity index (χ0v) is 24.0. The lowest BCUT2D eigenvalue weighted by molar-refractivity contribution is 0.0665. The maximum absolute atomic E-state index is 12.5. The molecule has 0 saturated carbocycles. The van der Waals surface area contributed by atoms with E-state index in [0.29, 0.717) is 18.1 Å². The molecule has 0 amide bonds. The van der Waals surface area contributed by atoms with Gasteiger partial charge in [0.15, 0.2) is 0 Å². The predicted octanol–water partition coefficient (Wildman–Crippen LogP) is 4.02. The zero-order chi connectivity index (χ0) is 26.3. The summed E-state index contributed by atoms with van der Waals surface area (Å²) in [5.41, 5.74) is 4.25. The second-order valence-corrected chi connectivity index (χ2v) is 13.1. The minimum atomic E-state index is -3.62. The van der Waals surface area contributed by atoms with E-state index >= 15 is 0 Å². The number of aromatic nitrogens is 4. The number of hydrogen-bond donors (Lipinski definition) is 0. The van der Waals surface area contributed by atoms with Gasteiger partial charge in [-0.25, -0.2) is 13.9 Å². The molecule has 0 bridgehead atoms. The van der Waals surface area contributed by atoms with Crippen LogP contribution in [0.5, 0.6) is 0 Å². The molecule has 0 aliphatic carbocycles. The van der Waals surface area contributed by atoms with Gasteiger partial charge in [0.25, 0.3) is 0 Å². The Morgan fingerprint density at radius 2 is 1.62 bits per heavy atom. The van der Waals surface area contributed by atoms with Crippen molar-refractivity contribution in [1.29, 1.82) is 0 Å². The van der Waals surface area contributed by atoms with Crippen molar-refractivity contribution in [2.75, 3.05) is 27.3 Å². The highest BCUT2D eigenvalue weighted by molar-refractivity contribution is 7.87. The highest BCUT2D eigenvalue weighted by Crippen LogP contribution is 2.37. The third-order valence-electron chi connectivity index (χ3n) is 6.75. The molecule has 0 N–H and O–H groups in total. The highest BCUT2D eigenvalue weighted by atomic mass is 32.2. The Labute approximate surface area is 225 Å². The molecular weight excluding hydrogens is 531 g/mol. The van der Waals surface area contributed by atoms with E-state index in [-0.39, 0.29) is 12.2 Å². The van der Waals surface area contributed by atoms with Crippen LogP contribution in [0.15, 0.2) is 35.3 Å². The molecule has 4 aromatic rings. The second kappa shape index (κ2) is 10.4. The Morgan fingerprint density at radius 1 is 0.946 bits per heavy atom. The number of hydrogen-bond acceptors (Lipinski definition) is 8. The zero-order valence-electron chi connectivity index (χ0n) is 21.5. The lowest BCUT2D eigenvalue weighted by Gasteiger charge is -2.25. The molecule has 4 aromatic heterocycles. The van der Waals surface area contributed by atoms with Gasteiger partial charge in [-0.2, -0.15) is 12.7 Å². The van der Waals surface area contributed by atoms with E-state index < -0.39 is 10.2 Å². The molecule has 2 aliphatic heterocycles. The van der Waals surface area contributed by atoms with E-state index in [1.165, 1.54) is 38.4 Å². The first-order chi connectivity index (χ1) is 17.7. The third-order valence-corrected chi connectivity index (χ3v) is 10.6. The number of nitrogens with zero attached hydrogens (tertiary/aromatic N) is 5. The van der Waals surface area contributed by atoms with E-state index in [0.717, 1.165) is 35.8 Å². The third kappa shape index (κ3) is 4.82. The molecule has 0 saturated heterocycles. The fourth-order valence-corrected chi connectivity index (χ4v) is 7.63. The Balaban J connectivity index is 0.000000157. The molecule has 0 fully saturated rings. The molecule has 0 spiro atoms. The fourth-order valence-electron chi connectivity index (χ4n) is 4.61. The van der Waals surface area contributed by atoms with Crippen LogP contribution in [0.2, 0.25) is 0 Å². The summed E-state index contributed by atoms with van der Waals surface area (Å²) < 4.78 is 41.3. The van der Waals surface area contributed by atoms with Gasteiger partial charge in [-0.15, -0.1) is 22.7 Å². The molecule has 0 aromatic carbocycles. The summed E-state index contributed by atoms with van der Waals surface area (Å²) in [6, 6.07) is 4.25. The number of aryl methyl sites for hydroxylation is 2. The fraction of sp³-hybridized carbons (Fsp3) is 0.440. The van der Waals surface area contributed by atoms with E-state index in [4.69, 9.17) is 9.47 Å². The quantitative estimate of drug-likeness (QED) is 0.374. The molecule has 12 heteroatoms. The molecule has 198 valence electrons. The van der Waals surface area contributed by atoms with E-state index in [9.17, 15) is 8.42 Å². The van der Waals surface area contributed by atoms with Crippen molar-refractivity contribution in [3.63, 3.8) is 0 Å². The maximum Gasteiger partial charge on any atom is 0.308 e. The van der Waals surface area contributed by atoms with Crippen molar-refractivity contribution in [2.45, 2.75) is 38.9 Å². The predicted molar refractivity (Wildman–Crippen MR) is 145 cm³/mol. The second-order valence-electron chi connectivity index (χ2n) is 9.19. The largest absolute Gasteiger partial charge is 0.367 e. The first kappa shape index (κ1) is 26.3. The van der Waals surface area contributed by atoms with Crippen LogP contribution in [0.4, 0.5) is 0 Å². The minimum absolute atomic E-state index is 0.0706. The monoisotopic (exact) mass is 561 g/mol. The van der Waals surface area contributed by atoms with Crippen molar-refractivity contribution < 1.29 is 17.9 Å². The summed E-state index contributed by atoms with van der Waals surface area (Å²) in [6.45, 7) is 5.09. The van der Waals surface area contributed by atoms with Crippen LogP contribution in [-0.2, 0) is 39.6 Å². The molecule has 9 nitrogen and oxygen atoms in total. The van der Waals surface area contributed by atoms with Crippen LogP contribution in [0, 0.1) is 13.8 Å². The smallest absolute Gasteiger partial charge is 0.308 e.